The van der Waals surface area contributed by atoms with Crippen LogP contribution in [0.3, 0.4) is 0 Å². The maximum Gasteiger partial charge on any atom is 0.323 e. The third-order valence-corrected chi connectivity index (χ3v) is 7.39. The molecule has 0 aliphatic heterocycles. The minimum absolute atomic E-state index is 0.118. The van der Waals surface area contributed by atoms with Crippen LogP contribution in [0.25, 0.3) is 0 Å². The summed E-state index contributed by atoms with van der Waals surface area (Å²) in [6.45, 7) is 1.69. The highest BCUT2D eigenvalue weighted by molar-refractivity contribution is 7.92. The average Bonchev–Trinajstić information content (AvgIpc) is 2.95. The summed E-state index contributed by atoms with van der Waals surface area (Å²) in [4.78, 5) is 25.7. The molecule has 0 atom stereocenters. The van der Waals surface area contributed by atoms with Gasteiger partial charge in [-0.1, -0.05) is 18.2 Å². The van der Waals surface area contributed by atoms with Gasteiger partial charge in [0.05, 0.1) is 36.2 Å². The fraction of sp³-hybridized carbons (Fsp3) is 0.103. The van der Waals surface area contributed by atoms with Gasteiger partial charge in [0.1, 0.15) is 11.5 Å². The Kier molecular flexibility index (Phi) is 8.95. The smallest absolute Gasteiger partial charge is 0.323 e. The van der Waals surface area contributed by atoms with Gasteiger partial charge in [-0.2, -0.15) is 0 Å². The van der Waals surface area contributed by atoms with Crippen molar-refractivity contribution in [2.45, 2.75) is 11.8 Å². The van der Waals surface area contributed by atoms with Crippen molar-refractivity contribution in [1.29, 1.82) is 0 Å². The monoisotopic (exact) mass is 575 g/mol. The summed E-state index contributed by atoms with van der Waals surface area (Å²) >= 11 is 0. The molecule has 4 aromatic rings. The lowest BCUT2D eigenvalue weighted by Crippen LogP contribution is -2.23. The molecule has 11 nitrogen and oxygen atoms in total. The van der Waals surface area contributed by atoms with Crippen molar-refractivity contribution in [2.75, 3.05) is 40.2 Å². The summed E-state index contributed by atoms with van der Waals surface area (Å²) < 4.78 is 38.9. The Morgan fingerprint density at radius 1 is 0.610 bits per heavy atom. The molecule has 0 heterocycles. The SMILES string of the molecule is COc1ccc(NC(=O)Nc2ccc(NS(=O)(=O)c3ccccc3C)cc2NC(=O)Nc2ccc(OC)cc2)cc1. The molecule has 0 fully saturated rings. The van der Waals surface area contributed by atoms with Crippen LogP contribution >= 0.6 is 0 Å². The Morgan fingerprint density at radius 2 is 1.10 bits per heavy atom. The first-order chi connectivity index (χ1) is 19.7. The lowest BCUT2D eigenvalue weighted by atomic mass is 10.2. The molecule has 4 rings (SSSR count). The van der Waals surface area contributed by atoms with E-state index in [-0.39, 0.29) is 22.0 Å². The van der Waals surface area contributed by atoms with E-state index in [0.717, 1.165) is 0 Å². The molecular weight excluding hydrogens is 546 g/mol. The standard InChI is InChI=1S/C29H29N5O6S/c1-19-6-4-5-7-27(19)41(37,38)34-22-12-17-25(32-28(35)30-20-8-13-23(39-2)14-9-20)26(18-22)33-29(36)31-21-10-15-24(40-3)16-11-21/h4-18,34H,1-3H3,(H2,30,32,35)(H2,31,33,36). The van der Waals surface area contributed by atoms with Gasteiger partial charge >= 0.3 is 12.1 Å². The number of amides is 4. The minimum Gasteiger partial charge on any atom is -0.497 e. The molecule has 0 aliphatic rings. The van der Waals surface area contributed by atoms with Crippen LogP contribution in [0.1, 0.15) is 5.56 Å². The van der Waals surface area contributed by atoms with E-state index >= 15 is 0 Å². The molecule has 0 unspecified atom stereocenters. The number of hydrogen-bond donors (Lipinski definition) is 5. The number of carbonyl (C=O) groups excluding carboxylic acids is 2. The number of aryl methyl sites for hydroxylation is 1. The number of nitrogens with one attached hydrogen (secondary N) is 5. The third-order valence-electron chi connectivity index (χ3n) is 5.85. The van der Waals surface area contributed by atoms with Crippen molar-refractivity contribution in [3.63, 3.8) is 0 Å². The normalized spacial score (nSPS) is 10.7. The number of ether oxygens (including phenoxy) is 2. The Morgan fingerprint density at radius 3 is 1.61 bits per heavy atom. The summed E-state index contributed by atoms with van der Waals surface area (Å²) in [7, 11) is -0.849. The van der Waals surface area contributed by atoms with Crippen molar-refractivity contribution in [3.05, 3.63) is 96.6 Å². The lowest BCUT2D eigenvalue weighted by molar-refractivity contribution is 0.261. The highest BCUT2D eigenvalue weighted by atomic mass is 32.2. The zero-order valence-electron chi connectivity index (χ0n) is 22.5. The molecule has 41 heavy (non-hydrogen) atoms. The summed E-state index contributed by atoms with van der Waals surface area (Å²) in [6.07, 6.45) is 0. The van der Waals surface area contributed by atoms with E-state index in [1.54, 1.807) is 80.8 Å². The zero-order valence-corrected chi connectivity index (χ0v) is 23.3. The van der Waals surface area contributed by atoms with Crippen molar-refractivity contribution >= 4 is 50.5 Å². The summed E-state index contributed by atoms with van der Waals surface area (Å²) in [6, 6.07) is 23.2. The summed E-state index contributed by atoms with van der Waals surface area (Å²) in [5, 5.41) is 10.7. The first kappa shape index (κ1) is 28.8. The minimum atomic E-state index is -3.93. The van der Waals surface area contributed by atoms with Crippen molar-refractivity contribution < 1.29 is 27.5 Å². The van der Waals surface area contributed by atoms with E-state index in [4.69, 9.17) is 9.47 Å². The first-order valence-corrected chi connectivity index (χ1v) is 13.8. The number of methoxy groups -OCH3 is 2. The van der Waals surface area contributed by atoms with Gasteiger partial charge in [-0.15, -0.1) is 0 Å². The topological polar surface area (TPSA) is 147 Å². The average molecular weight is 576 g/mol. The summed E-state index contributed by atoms with van der Waals surface area (Å²) in [5.74, 6) is 1.26. The van der Waals surface area contributed by atoms with E-state index in [2.05, 4.69) is 26.0 Å². The first-order valence-electron chi connectivity index (χ1n) is 12.3. The molecule has 4 amide bonds. The van der Waals surface area contributed by atoms with Crippen molar-refractivity contribution in [3.8, 4) is 11.5 Å². The maximum absolute atomic E-state index is 13.1. The molecule has 0 aromatic heterocycles. The van der Waals surface area contributed by atoms with Crippen LogP contribution in [-0.2, 0) is 10.0 Å². The van der Waals surface area contributed by atoms with Gasteiger partial charge in [0.15, 0.2) is 0 Å². The van der Waals surface area contributed by atoms with Gasteiger partial charge in [0.25, 0.3) is 10.0 Å². The molecule has 0 aliphatic carbocycles. The fourth-order valence-corrected chi connectivity index (χ4v) is 5.10. The Hall–Kier alpha value is -5.23. The predicted molar refractivity (Wildman–Crippen MR) is 160 cm³/mol. The van der Waals surface area contributed by atoms with E-state index in [1.807, 2.05) is 0 Å². The van der Waals surface area contributed by atoms with Crippen LogP contribution in [0.15, 0.2) is 95.9 Å². The largest absolute Gasteiger partial charge is 0.497 e. The molecule has 212 valence electrons. The van der Waals surface area contributed by atoms with E-state index in [9.17, 15) is 18.0 Å². The number of urea groups is 2. The van der Waals surface area contributed by atoms with Crippen LogP contribution in [0.5, 0.6) is 11.5 Å². The third kappa shape index (κ3) is 7.67. The van der Waals surface area contributed by atoms with Crippen molar-refractivity contribution in [2.24, 2.45) is 0 Å². The van der Waals surface area contributed by atoms with Crippen LogP contribution in [0.4, 0.5) is 38.0 Å². The van der Waals surface area contributed by atoms with E-state index in [0.29, 0.717) is 28.4 Å². The van der Waals surface area contributed by atoms with Crippen LogP contribution in [0, 0.1) is 6.92 Å². The van der Waals surface area contributed by atoms with Crippen LogP contribution in [-0.4, -0.2) is 34.7 Å². The predicted octanol–water partition coefficient (Wildman–Crippen LogP) is 6.10. The van der Waals surface area contributed by atoms with Gasteiger partial charge < -0.3 is 30.7 Å². The lowest BCUT2D eigenvalue weighted by Gasteiger charge is -2.16. The second-order valence-electron chi connectivity index (χ2n) is 8.75. The van der Waals surface area contributed by atoms with Crippen molar-refractivity contribution in [1.82, 2.24) is 0 Å². The number of benzene rings is 4. The van der Waals surface area contributed by atoms with E-state index < -0.39 is 22.1 Å². The molecule has 0 spiro atoms. The quantitative estimate of drug-likeness (QED) is 0.163. The Balaban J connectivity index is 1.57. The van der Waals surface area contributed by atoms with Crippen LogP contribution in [0.2, 0.25) is 0 Å². The van der Waals surface area contributed by atoms with Gasteiger partial charge in [0, 0.05) is 11.4 Å². The van der Waals surface area contributed by atoms with Gasteiger partial charge in [-0.3, -0.25) is 4.72 Å². The fourth-order valence-electron chi connectivity index (χ4n) is 3.81. The molecule has 5 N–H and O–H groups in total. The molecule has 12 heteroatoms. The molecule has 0 saturated heterocycles. The Labute approximate surface area is 237 Å². The molecule has 0 radical (unpaired) electrons. The number of anilines is 5. The highest BCUT2D eigenvalue weighted by Crippen LogP contribution is 2.29. The second kappa shape index (κ2) is 12.7. The Bertz CT molecular complexity index is 1640. The van der Waals surface area contributed by atoms with Gasteiger partial charge in [0.2, 0.25) is 0 Å². The van der Waals surface area contributed by atoms with Gasteiger partial charge in [-0.25, -0.2) is 18.0 Å². The number of sulfonamides is 1. The zero-order chi connectivity index (χ0) is 29.4. The molecule has 0 saturated carbocycles. The number of rotatable bonds is 9. The van der Waals surface area contributed by atoms with E-state index in [1.165, 1.54) is 31.4 Å². The number of hydrogen-bond acceptors (Lipinski definition) is 6. The summed E-state index contributed by atoms with van der Waals surface area (Å²) in [5.41, 5.74) is 2.12. The second-order valence-corrected chi connectivity index (χ2v) is 10.4. The number of carbonyl (C=O) groups is 2. The van der Waals surface area contributed by atoms with Crippen LogP contribution < -0.4 is 35.5 Å². The molecular formula is C29H29N5O6S. The maximum atomic E-state index is 13.1. The molecule has 4 aromatic carbocycles. The van der Waals surface area contributed by atoms with Gasteiger partial charge in [-0.05, 0) is 85.3 Å². The molecule has 0 bridgehead atoms. The highest BCUT2D eigenvalue weighted by Gasteiger charge is 2.18.